The molecule has 0 aliphatic carbocycles. The van der Waals surface area contributed by atoms with E-state index in [1.807, 2.05) is 30.3 Å². The van der Waals surface area contributed by atoms with Gasteiger partial charge in [-0.1, -0.05) is 41.9 Å². The number of halogens is 3. The Labute approximate surface area is 216 Å². The van der Waals surface area contributed by atoms with E-state index in [4.69, 9.17) is 16.6 Å². The highest BCUT2D eigenvalue weighted by Gasteiger charge is 2.31. The summed E-state index contributed by atoms with van der Waals surface area (Å²) in [5, 5.41) is 8.48. The van der Waals surface area contributed by atoms with Crippen molar-refractivity contribution in [3.63, 3.8) is 0 Å². The Morgan fingerprint density at radius 2 is 1.83 bits per heavy atom. The van der Waals surface area contributed by atoms with Gasteiger partial charge >= 0.3 is 0 Å². The average molecular weight is 579 g/mol. The van der Waals surface area contributed by atoms with E-state index in [0.717, 1.165) is 21.5 Å². The number of benzene rings is 2. The summed E-state index contributed by atoms with van der Waals surface area (Å²) in [7, 11) is -3.85. The summed E-state index contributed by atoms with van der Waals surface area (Å²) in [5.41, 5.74) is 2.20. The molecule has 0 atom stereocenters. The Hall–Kier alpha value is -2.53. The van der Waals surface area contributed by atoms with Crippen LogP contribution in [0.1, 0.15) is 12.8 Å². The van der Waals surface area contributed by atoms with Crippen LogP contribution in [0.4, 0.5) is 10.2 Å². The van der Waals surface area contributed by atoms with Crippen molar-refractivity contribution in [2.45, 2.75) is 17.7 Å². The van der Waals surface area contributed by atoms with E-state index in [9.17, 15) is 12.8 Å². The van der Waals surface area contributed by atoms with Gasteiger partial charge in [-0.3, -0.25) is 0 Å². The van der Waals surface area contributed by atoms with Crippen molar-refractivity contribution in [1.29, 1.82) is 0 Å². The quantitative estimate of drug-likeness (QED) is 0.329. The highest BCUT2D eigenvalue weighted by molar-refractivity contribution is 9.10. The van der Waals surface area contributed by atoms with Gasteiger partial charge in [0.2, 0.25) is 10.0 Å². The second-order valence-corrected chi connectivity index (χ2v) is 11.6. The maximum absolute atomic E-state index is 14.1. The van der Waals surface area contributed by atoms with Crippen molar-refractivity contribution in [2.24, 2.45) is 5.92 Å². The molecule has 0 spiro atoms. The average Bonchev–Trinajstić information content (AvgIpc) is 3.24. The summed E-state index contributed by atoms with van der Waals surface area (Å²) in [6.45, 7) is 1.31. The summed E-state index contributed by atoms with van der Waals surface area (Å²) >= 11 is 9.92. The molecule has 1 N–H and O–H groups in total. The maximum atomic E-state index is 14.1. The molecule has 7 nitrogen and oxygen atoms in total. The molecule has 1 aliphatic heterocycles. The van der Waals surface area contributed by atoms with Crippen molar-refractivity contribution in [3.05, 3.63) is 76.1 Å². The first-order valence-corrected chi connectivity index (χ1v) is 13.7. The Balaban J connectivity index is 1.31. The summed E-state index contributed by atoms with van der Waals surface area (Å²) < 4.78 is 43.7. The Morgan fingerprint density at radius 1 is 1.11 bits per heavy atom. The minimum atomic E-state index is -3.85. The third-order valence-corrected chi connectivity index (χ3v) is 9.00. The lowest BCUT2D eigenvalue weighted by molar-refractivity contribution is 0.281. The van der Waals surface area contributed by atoms with Crippen molar-refractivity contribution >= 4 is 49.0 Å². The molecule has 11 heteroatoms. The molecule has 3 heterocycles. The summed E-state index contributed by atoms with van der Waals surface area (Å²) in [6.07, 6.45) is 3.01. The molecule has 2 aromatic carbocycles. The van der Waals surface area contributed by atoms with Gasteiger partial charge in [-0.15, -0.1) is 0 Å². The first-order valence-electron chi connectivity index (χ1n) is 11.1. The fraction of sp³-hybridized carbons (Fsp3) is 0.250. The zero-order valence-corrected chi connectivity index (χ0v) is 21.7. The van der Waals surface area contributed by atoms with Gasteiger partial charge in [0.1, 0.15) is 16.5 Å². The van der Waals surface area contributed by atoms with E-state index >= 15 is 0 Å². The molecular weight excluding hydrogens is 557 g/mol. The fourth-order valence-corrected chi connectivity index (χ4v) is 6.38. The van der Waals surface area contributed by atoms with Crippen LogP contribution in [0.3, 0.4) is 0 Å². The molecule has 0 radical (unpaired) electrons. The van der Waals surface area contributed by atoms with Crippen LogP contribution in [0.15, 0.2) is 70.2 Å². The van der Waals surface area contributed by atoms with Gasteiger partial charge in [0.05, 0.1) is 16.4 Å². The zero-order valence-electron chi connectivity index (χ0n) is 18.5. The van der Waals surface area contributed by atoms with Crippen LogP contribution in [0.25, 0.3) is 16.9 Å². The lowest BCUT2D eigenvalue weighted by Crippen LogP contribution is -2.40. The van der Waals surface area contributed by atoms with E-state index < -0.39 is 15.8 Å². The number of nitrogens with zero attached hydrogens (tertiary/aromatic N) is 4. The van der Waals surface area contributed by atoms with Crippen molar-refractivity contribution in [3.8, 4) is 11.3 Å². The van der Waals surface area contributed by atoms with Gasteiger partial charge in [0.25, 0.3) is 0 Å². The lowest BCUT2D eigenvalue weighted by atomic mass is 9.98. The van der Waals surface area contributed by atoms with Gasteiger partial charge in [0.15, 0.2) is 5.65 Å². The molecule has 4 aromatic rings. The smallest absolute Gasteiger partial charge is 0.245 e. The van der Waals surface area contributed by atoms with E-state index in [2.05, 4.69) is 26.3 Å². The van der Waals surface area contributed by atoms with Crippen LogP contribution in [-0.2, 0) is 10.0 Å². The van der Waals surface area contributed by atoms with E-state index in [-0.39, 0.29) is 10.8 Å². The first-order chi connectivity index (χ1) is 16.8. The molecule has 2 aromatic heterocycles. The largest absolute Gasteiger partial charge is 0.370 e. The van der Waals surface area contributed by atoms with Crippen LogP contribution in [-0.4, -0.2) is 47.0 Å². The number of piperidine rings is 1. The van der Waals surface area contributed by atoms with Crippen LogP contribution in [0.2, 0.25) is 5.02 Å². The molecule has 1 aliphatic rings. The minimum Gasteiger partial charge on any atom is -0.370 e. The number of anilines is 1. The normalized spacial score (nSPS) is 15.5. The predicted octanol–water partition coefficient (Wildman–Crippen LogP) is 5.46. The zero-order chi connectivity index (χ0) is 24.6. The van der Waals surface area contributed by atoms with Gasteiger partial charge in [-0.25, -0.2) is 17.8 Å². The standard InChI is InChI=1S/C24H22BrClFN5O2S/c25-18-15-29-32-23(13-21(30-24(18)32)17-5-1-2-6-19(17)26)28-14-16-9-11-31(12-10-16)35(33,34)22-8-4-3-7-20(22)27/h1-8,13,15-16,28H,9-12,14H2. The Morgan fingerprint density at radius 3 is 2.57 bits per heavy atom. The number of aromatic nitrogens is 3. The molecular formula is C24H22BrClFN5O2S. The molecule has 0 unspecified atom stereocenters. The SMILES string of the molecule is O=S(=O)(c1ccccc1F)N1CCC(CNc2cc(-c3ccccc3Cl)nc3c(Br)cnn23)CC1. The first kappa shape index (κ1) is 24.2. The second kappa shape index (κ2) is 9.85. The number of fused-ring (bicyclic) bond motifs is 1. The minimum absolute atomic E-state index is 0.244. The van der Waals surface area contributed by atoms with Gasteiger partial charge in [-0.2, -0.15) is 13.9 Å². The lowest BCUT2D eigenvalue weighted by Gasteiger charge is -2.31. The maximum Gasteiger partial charge on any atom is 0.245 e. The van der Waals surface area contributed by atoms with Crippen molar-refractivity contribution in [2.75, 3.05) is 25.0 Å². The highest BCUT2D eigenvalue weighted by atomic mass is 79.9. The Kier molecular flexibility index (Phi) is 6.80. The third-order valence-electron chi connectivity index (χ3n) is 6.18. The monoisotopic (exact) mass is 577 g/mol. The number of nitrogens with one attached hydrogen (secondary N) is 1. The van der Waals surface area contributed by atoms with E-state index in [1.54, 1.807) is 10.7 Å². The molecule has 182 valence electrons. The van der Waals surface area contributed by atoms with Crippen molar-refractivity contribution < 1.29 is 12.8 Å². The second-order valence-electron chi connectivity index (χ2n) is 8.39. The van der Waals surface area contributed by atoms with Crippen LogP contribution in [0, 0.1) is 11.7 Å². The molecule has 1 saturated heterocycles. The number of rotatable bonds is 6. The molecule has 0 amide bonds. The molecule has 0 saturated carbocycles. The highest BCUT2D eigenvalue weighted by Crippen LogP contribution is 2.31. The van der Waals surface area contributed by atoms with Gasteiger partial charge in [0, 0.05) is 36.3 Å². The fourth-order valence-electron chi connectivity index (χ4n) is 4.26. The summed E-state index contributed by atoms with van der Waals surface area (Å²) in [5.74, 6) is 0.280. The number of sulfonamides is 1. The topological polar surface area (TPSA) is 79.6 Å². The molecule has 1 fully saturated rings. The number of hydrogen-bond donors (Lipinski definition) is 1. The van der Waals surface area contributed by atoms with E-state index in [1.165, 1.54) is 28.6 Å². The molecule has 35 heavy (non-hydrogen) atoms. The Bertz CT molecular complexity index is 1490. The van der Waals surface area contributed by atoms with Crippen molar-refractivity contribution in [1.82, 2.24) is 18.9 Å². The molecule has 5 rings (SSSR count). The summed E-state index contributed by atoms with van der Waals surface area (Å²) in [6, 6.07) is 14.9. The third kappa shape index (κ3) is 4.80. The summed E-state index contributed by atoms with van der Waals surface area (Å²) in [4.78, 5) is 4.45. The molecule has 0 bridgehead atoms. The van der Waals surface area contributed by atoms with E-state index in [0.29, 0.717) is 43.1 Å². The van der Waals surface area contributed by atoms with Gasteiger partial charge < -0.3 is 5.32 Å². The van der Waals surface area contributed by atoms with Gasteiger partial charge in [-0.05, 0) is 52.9 Å². The van der Waals surface area contributed by atoms with Crippen LogP contribution >= 0.6 is 27.5 Å². The predicted molar refractivity (Wildman–Crippen MR) is 138 cm³/mol. The number of hydrogen-bond acceptors (Lipinski definition) is 5. The van der Waals surface area contributed by atoms with Crippen LogP contribution < -0.4 is 5.32 Å². The van der Waals surface area contributed by atoms with Crippen LogP contribution in [0.5, 0.6) is 0 Å².